The lowest BCUT2D eigenvalue weighted by molar-refractivity contribution is 0.0958. The van der Waals surface area contributed by atoms with E-state index in [1.165, 1.54) is 25.3 Å². The van der Waals surface area contributed by atoms with Gasteiger partial charge in [0.25, 0.3) is 15.9 Å². The zero-order chi connectivity index (χ0) is 18.4. The van der Waals surface area contributed by atoms with E-state index in [-0.39, 0.29) is 10.8 Å². The van der Waals surface area contributed by atoms with Gasteiger partial charge in [0.05, 0.1) is 17.7 Å². The molecule has 0 saturated carbocycles. The lowest BCUT2D eigenvalue weighted by Gasteiger charge is -2.12. The summed E-state index contributed by atoms with van der Waals surface area (Å²) in [6, 6.07) is 10.9. The van der Waals surface area contributed by atoms with Gasteiger partial charge in [-0.1, -0.05) is 12.1 Å². The van der Waals surface area contributed by atoms with Gasteiger partial charge in [-0.25, -0.2) is 8.42 Å². The molecule has 132 valence electrons. The number of sulfonamides is 1. The number of anilines is 1. The first kappa shape index (κ1) is 18.5. The van der Waals surface area contributed by atoms with Gasteiger partial charge >= 0.3 is 0 Å². The van der Waals surface area contributed by atoms with Gasteiger partial charge in [0, 0.05) is 12.1 Å². The van der Waals surface area contributed by atoms with E-state index in [0.717, 1.165) is 0 Å². The van der Waals surface area contributed by atoms with Gasteiger partial charge in [0.2, 0.25) is 0 Å². The number of aryl methyl sites for hydroxylation is 1. The molecule has 0 aliphatic carbocycles. The molecule has 7 heteroatoms. The van der Waals surface area contributed by atoms with Crippen LogP contribution in [0.4, 0.5) is 5.69 Å². The Morgan fingerprint density at radius 3 is 2.48 bits per heavy atom. The Labute approximate surface area is 147 Å². The normalized spacial score (nSPS) is 10.8. The molecule has 0 fully saturated rings. The Morgan fingerprint density at radius 2 is 1.88 bits per heavy atom. The number of hydrogen-bond acceptors (Lipinski definition) is 4. The molecule has 25 heavy (non-hydrogen) atoms. The zero-order valence-corrected chi connectivity index (χ0v) is 14.9. The Balaban J connectivity index is 2.28. The van der Waals surface area contributed by atoms with Crippen LogP contribution in [0, 0.1) is 6.92 Å². The van der Waals surface area contributed by atoms with Crippen LogP contribution < -0.4 is 14.8 Å². The van der Waals surface area contributed by atoms with Crippen LogP contribution in [-0.2, 0) is 10.0 Å². The predicted octanol–water partition coefficient (Wildman–Crippen LogP) is 2.72. The molecule has 0 saturated heterocycles. The molecule has 0 radical (unpaired) electrons. The quantitative estimate of drug-likeness (QED) is 0.744. The van der Waals surface area contributed by atoms with Gasteiger partial charge in [0.1, 0.15) is 5.75 Å². The zero-order valence-electron chi connectivity index (χ0n) is 14.1. The Kier molecular flexibility index (Phi) is 5.82. The van der Waals surface area contributed by atoms with Crippen molar-refractivity contribution in [3.8, 4) is 5.75 Å². The second-order valence-corrected chi connectivity index (χ2v) is 6.99. The number of hydrogen-bond donors (Lipinski definition) is 2. The molecular weight excluding hydrogens is 340 g/mol. The van der Waals surface area contributed by atoms with Gasteiger partial charge < -0.3 is 10.1 Å². The molecule has 0 atom stereocenters. The van der Waals surface area contributed by atoms with Gasteiger partial charge in [-0.2, -0.15) is 0 Å². The standard InChI is InChI=1S/C18H20N2O4S/c1-4-11-19-18(21)14-6-5-13(2)17(12-14)20-25(22,23)16-9-7-15(24-3)8-10-16/h4-10,12,20H,1,11H2,2-3H3,(H,19,21). The number of carbonyl (C=O) groups excluding carboxylic acids is 1. The van der Waals surface area contributed by atoms with Crippen LogP contribution in [-0.4, -0.2) is 28.0 Å². The van der Waals surface area contributed by atoms with E-state index in [9.17, 15) is 13.2 Å². The van der Waals surface area contributed by atoms with Crippen molar-refractivity contribution in [1.29, 1.82) is 0 Å². The molecule has 2 aromatic carbocycles. The van der Waals surface area contributed by atoms with Crippen molar-refractivity contribution in [2.24, 2.45) is 0 Å². The third kappa shape index (κ3) is 4.60. The fourth-order valence-corrected chi connectivity index (χ4v) is 3.22. The lowest BCUT2D eigenvalue weighted by Crippen LogP contribution is -2.23. The number of carbonyl (C=O) groups is 1. The number of benzene rings is 2. The van der Waals surface area contributed by atoms with Gasteiger partial charge in [-0.15, -0.1) is 6.58 Å². The monoisotopic (exact) mass is 360 g/mol. The molecule has 0 unspecified atom stereocenters. The lowest BCUT2D eigenvalue weighted by atomic mass is 10.1. The second-order valence-electron chi connectivity index (χ2n) is 5.31. The Morgan fingerprint density at radius 1 is 1.20 bits per heavy atom. The molecule has 6 nitrogen and oxygen atoms in total. The molecule has 2 aromatic rings. The van der Waals surface area contributed by atoms with Gasteiger partial charge in [-0.3, -0.25) is 9.52 Å². The summed E-state index contributed by atoms with van der Waals surface area (Å²) in [4.78, 5) is 12.1. The van der Waals surface area contributed by atoms with Crippen LogP contribution in [0.25, 0.3) is 0 Å². The predicted molar refractivity (Wildman–Crippen MR) is 97.5 cm³/mol. The SMILES string of the molecule is C=CCNC(=O)c1ccc(C)c(NS(=O)(=O)c2ccc(OC)cc2)c1. The average Bonchev–Trinajstić information content (AvgIpc) is 2.61. The van der Waals surface area contributed by atoms with E-state index < -0.39 is 10.0 Å². The van der Waals surface area contributed by atoms with Crippen molar-refractivity contribution in [2.45, 2.75) is 11.8 Å². The van der Waals surface area contributed by atoms with Crippen LogP contribution in [0.5, 0.6) is 5.75 Å². The number of nitrogens with one attached hydrogen (secondary N) is 2. The highest BCUT2D eigenvalue weighted by atomic mass is 32.2. The smallest absolute Gasteiger partial charge is 0.261 e. The van der Waals surface area contributed by atoms with Crippen molar-refractivity contribution in [2.75, 3.05) is 18.4 Å². The number of methoxy groups -OCH3 is 1. The summed E-state index contributed by atoms with van der Waals surface area (Å²) in [6.45, 7) is 5.63. The first-order valence-corrected chi connectivity index (χ1v) is 9.02. The van der Waals surface area contributed by atoms with E-state index in [1.807, 2.05) is 0 Å². The summed E-state index contributed by atoms with van der Waals surface area (Å²) >= 11 is 0. The first-order chi connectivity index (χ1) is 11.9. The Bertz CT molecular complexity index is 874. The maximum atomic E-state index is 12.5. The fourth-order valence-electron chi connectivity index (χ4n) is 2.10. The van der Waals surface area contributed by atoms with Crippen LogP contribution in [0.1, 0.15) is 15.9 Å². The number of amides is 1. The molecule has 0 bridgehead atoms. The largest absolute Gasteiger partial charge is 0.497 e. The summed E-state index contributed by atoms with van der Waals surface area (Å²) in [5, 5.41) is 2.65. The van der Waals surface area contributed by atoms with Crippen LogP contribution in [0.2, 0.25) is 0 Å². The summed E-state index contributed by atoms with van der Waals surface area (Å²) in [5.41, 5.74) is 1.42. The van der Waals surface area contributed by atoms with Crippen molar-refractivity contribution >= 4 is 21.6 Å². The molecule has 2 rings (SSSR count). The summed E-state index contributed by atoms with van der Waals surface area (Å²) < 4.78 is 32.6. The van der Waals surface area contributed by atoms with E-state index in [1.54, 1.807) is 37.3 Å². The van der Waals surface area contributed by atoms with Crippen molar-refractivity contribution in [3.05, 3.63) is 66.2 Å². The second kappa shape index (κ2) is 7.85. The molecule has 1 amide bonds. The van der Waals surface area contributed by atoms with E-state index in [2.05, 4.69) is 16.6 Å². The third-order valence-electron chi connectivity index (χ3n) is 3.52. The highest BCUT2D eigenvalue weighted by Crippen LogP contribution is 2.22. The summed E-state index contributed by atoms with van der Waals surface area (Å²) in [7, 11) is -2.27. The highest BCUT2D eigenvalue weighted by Gasteiger charge is 2.16. The van der Waals surface area contributed by atoms with Crippen molar-refractivity contribution in [1.82, 2.24) is 5.32 Å². The molecular formula is C18H20N2O4S. The van der Waals surface area contributed by atoms with E-state index in [4.69, 9.17) is 4.74 Å². The minimum atomic E-state index is -3.77. The van der Waals surface area contributed by atoms with E-state index >= 15 is 0 Å². The van der Waals surface area contributed by atoms with E-state index in [0.29, 0.717) is 29.1 Å². The third-order valence-corrected chi connectivity index (χ3v) is 4.90. The maximum absolute atomic E-state index is 12.5. The molecule has 0 aliphatic heterocycles. The average molecular weight is 360 g/mol. The summed E-state index contributed by atoms with van der Waals surface area (Å²) in [5.74, 6) is 0.265. The van der Waals surface area contributed by atoms with Gasteiger partial charge in [0.15, 0.2) is 0 Å². The maximum Gasteiger partial charge on any atom is 0.261 e. The van der Waals surface area contributed by atoms with Gasteiger partial charge in [-0.05, 0) is 48.9 Å². The summed E-state index contributed by atoms with van der Waals surface area (Å²) in [6.07, 6.45) is 1.57. The number of rotatable bonds is 7. The minimum Gasteiger partial charge on any atom is -0.497 e. The molecule has 2 N–H and O–H groups in total. The minimum absolute atomic E-state index is 0.106. The topological polar surface area (TPSA) is 84.5 Å². The molecule has 0 aliphatic rings. The highest BCUT2D eigenvalue weighted by molar-refractivity contribution is 7.92. The molecule has 0 aromatic heterocycles. The van der Waals surface area contributed by atoms with Crippen molar-refractivity contribution in [3.63, 3.8) is 0 Å². The van der Waals surface area contributed by atoms with Crippen molar-refractivity contribution < 1.29 is 17.9 Å². The molecule has 0 heterocycles. The van der Waals surface area contributed by atoms with Crippen LogP contribution in [0.15, 0.2) is 60.0 Å². The molecule has 0 spiro atoms. The fraction of sp³-hybridized carbons (Fsp3) is 0.167. The van der Waals surface area contributed by atoms with Crippen LogP contribution >= 0.6 is 0 Å². The Hall–Kier alpha value is -2.80. The number of ether oxygens (including phenoxy) is 1. The van der Waals surface area contributed by atoms with Crippen LogP contribution in [0.3, 0.4) is 0 Å². The first-order valence-electron chi connectivity index (χ1n) is 7.54.